The lowest BCUT2D eigenvalue weighted by Gasteiger charge is -2.21. The van der Waals surface area contributed by atoms with Gasteiger partial charge in [0.2, 0.25) is 5.91 Å². The van der Waals surface area contributed by atoms with Gasteiger partial charge in [0, 0.05) is 48.6 Å². The van der Waals surface area contributed by atoms with Crippen molar-refractivity contribution >= 4 is 21.8 Å². The number of benzene rings is 1. The smallest absolute Gasteiger partial charge is 0.234 e. The lowest BCUT2D eigenvalue weighted by atomic mass is 10.2. The molecule has 0 aliphatic rings. The van der Waals surface area contributed by atoms with Crippen LogP contribution in [0.5, 0.6) is 0 Å². The average molecular weight is 413 g/mol. The third-order valence-corrected chi connectivity index (χ3v) is 4.12. The lowest BCUT2D eigenvalue weighted by Crippen LogP contribution is -2.39. The number of nitrogens with zero attached hydrogens (tertiary/aromatic N) is 3. The van der Waals surface area contributed by atoms with Crippen molar-refractivity contribution in [2.45, 2.75) is 19.5 Å². The summed E-state index contributed by atoms with van der Waals surface area (Å²) in [5.41, 5.74) is 0.481. The maximum absolute atomic E-state index is 13.9. The second-order valence-corrected chi connectivity index (χ2v) is 6.56. The van der Waals surface area contributed by atoms with Gasteiger partial charge in [0.05, 0.1) is 13.2 Å². The van der Waals surface area contributed by atoms with Crippen molar-refractivity contribution in [1.82, 2.24) is 20.0 Å². The van der Waals surface area contributed by atoms with Gasteiger partial charge in [-0.3, -0.25) is 14.4 Å². The van der Waals surface area contributed by atoms with Crippen LogP contribution in [0.15, 0.2) is 41.1 Å². The summed E-state index contributed by atoms with van der Waals surface area (Å²) in [5.74, 6) is -0.477. The first-order valence-electron chi connectivity index (χ1n) is 8.09. The number of aromatic nitrogens is 2. The molecule has 136 valence electrons. The van der Waals surface area contributed by atoms with Crippen LogP contribution in [-0.2, 0) is 17.9 Å². The van der Waals surface area contributed by atoms with Crippen LogP contribution in [0.3, 0.4) is 0 Å². The molecule has 2 rings (SSSR count). The predicted molar refractivity (Wildman–Crippen MR) is 96.3 cm³/mol. The van der Waals surface area contributed by atoms with Crippen molar-refractivity contribution in [3.63, 3.8) is 0 Å². The Kier molecular flexibility index (Phi) is 8.03. The number of carbonyl (C=O) groups is 1. The fraction of sp³-hybridized carbons (Fsp3) is 0.412. The molecule has 0 radical (unpaired) electrons. The number of carbonyl (C=O) groups excluding carboxylic acids is 1. The number of halogens is 2. The van der Waals surface area contributed by atoms with Crippen LogP contribution < -0.4 is 5.32 Å². The van der Waals surface area contributed by atoms with Gasteiger partial charge in [-0.05, 0) is 30.7 Å². The molecule has 0 saturated carbocycles. The SMILES string of the molecule is O=C(CN(CCO)Cc1cc(Br)ccc1F)NCCCn1cccn1. The quantitative estimate of drug-likeness (QED) is 0.583. The van der Waals surface area contributed by atoms with Gasteiger partial charge in [0.15, 0.2) is 0 Å². The maximum Gasteiger partial charge on any atom is 0.234 e. The standard InChI is InChI=1S/C17H22BrFN4O2/c18-15-3-4-16(19)14(11-15)12-22(9-10-24)13-17(25)20-5-1-7-23-8-2-6-21-23/h2-4,6,8,11,24H,1,5,7,9-10,12-13H2,(H,20,25). The second-order valence-electron chi connectivity index (χ2n) is 5.64. The highest BCUT2D eigenvalue weighted by Crippen LogP contribution is 2.17. The number of hydrogen-bond acceptors (Lipinski definition) is 4. The first-order chi connectivity index (χ1) is 12.1. The lowest BCUT2D eigenvalue weighted by molar-refractivity contribution is -0.122. The molecule has 1 heterocycles. The molecule has 0 fully saturated rings. The summed E-state index contributed by atoms with van der Waals surface area (Å²) < 4.78 is 16.5. The fourth-order valence-corrected chi connectivity index (χ4v) is 2.83. The molecule has 0 saturated heterocycles. The van der Waals surface area contributed by atoms with E-state index in [1.165, 1.54) is 6.07 Å². The Balaban J connectivity index is 1.79. The van der Waals surface area contributed by atoms with Gasteiger partial charge >= 0.3 is 0 Å². The number of hydrogen-bond donors (Lipinski definition) is 2. The molecule has 2 aromatic rings. The fourth-order valence-electron chi connectivity index (χ4n) is 2.42. The Morgan fingerprint density at radius 2 is 2.28 bits per heavy atom. The maximum atomic E-state index is 13.9. The van der Waals surface area contributed by atoms with E-state index in [0.29, 0.717) is 18.7 Å². The Bertz CT molecular complexity index is 667. The first-order valence-corrected chi connectivity index (χ1v) is 8.89. The normalized spacial score (nSPS) is 11.0. The van der Waals surface area contributed by atoms with Gasteiger partial charge in [-0.2, -0.15) is 5.10 Å². The van der Waals surface area contributed by atoms with Crippen LogP contribution in [0.4, 0.5) is 4.39 Å². The van der Waals surface area contributed by atoms with Crippen LogP contribution in [-0.4, -0.2) is 51.9 Å². The monoisotopic (exact) mass is 412 g/mol. The molecule has 25 heavy (non-hydrogen) atoms. The number of aliphatic hydroxyl groups is 1. The van der Waals surface area contributed by atoms with Crippen LogP contribution in [0, 0.1) is 5.82 Å². The zero-order chi connectivity index (χ0) is 18.1. The highest BCUT2D eigenvalue weighted by atomic mass is 79.9. The molecule has 0 aliphatic carbocycles. The van der Waals surface area contributed by atoms with Crippen LogP contribution in [0.25, 0.3) is 0 Å². The molecular weight excluding hydrogens is 391 g/mol. The summed E-state index contributed by atoms with van der Waals surface area (Å²) in [6.07, 6.45) is 4.36. The third-order valence-electron chi connectivity index (χ3n) is 3.63. The van der Waals surface area contributed by atoms with E-state index < -0.39 is 0 Å². The number of aliphatic hydroxyl groups excluding tert-OH is 1. The number of aryl methyl sites for hydroxylation is 1. The summed E-state index contributed by atoms with van der Waals surface area (Å²) in [7, 11) is 0. The van der Waals surface area contributed by atoms with Crippen molar-refractivity contribution < 1.29 is 14.3 Å². The third kappa shape index (κ3) is 6.93. The molecule has 0 atom stereocenters. The average Bonchev–Trinajstić information content (AvgIpc) is 3.08. The minimum absolute atomic E-state index is 0.0950. The largest absolute Gasteiger partial charge is 0.395 e. The minimum Gasteiger partial charge on any atom is -0.395 e. The van der Waals surface area contributed by atoms with Crippen molar-refractivity contribution in [3.8, 4) is 0 Å². The first kappa shape index (κ1) is 19.6. The summed E-state index contributed by atoms with van der Waals surface area (Å²) >= 11 is 3.31. The Morgan fingerprint density at radius 1 is 1.44 bits per heavy atom. The zero-order valence-corrected chi connectivity index (χ0v) is 15.5. The summed E-state index contributed by atoms with van der Waals surface area (Å²) in [4.78, 5) is 13.8. The van der Waals surface area contributed by atoms with Crippen LogP contribution in [0.2, 0.25) is 0 Å². The van der Waals surface area contributed by atoms with E-state index >= 15 is 0 Å². The molecule has 0 aliphatic heterocycles. The van der Waals surface area contributed by atoms with Crippen molar-refractivity contribution in [2.75, 3.05) is 26.2 Å². The van der Waals surface area contributed by atoms with Gasteiger partial charge in [-0.25, -0.2) is 4.39 Å². The van der Waals surface area contributed by atoms with E-state index in [9.17, 15) is 14.3 Å². The Hall–Kier alpha value is -1.77. The van der Waals surface area contributed by atoms with Crippen molar-refractivity contribution in [2.24, 2.45) is 0 Å². The zero-order valence-electron chi connectivity index (χ0n) is 13.9. The predicted octanol–water partition coefficient (Wildman–Crippen LogP) is 1.79. The van der Waals surface area contributed by atoms with E-state index in [4.69, 9.17) is 0 Å². The molecule has 1 aromatic heterocycles. The van der Waals surface area contributed by atoms with E-state index in [1.807, 2.05) is 12.3 Å². The molecule has 0 bridgehead atoms. The number of amides is 1. The van der Waals surface area contributed by atoms with Crippen LogP contribution in [0.1, 0.15) is 12.0 Å². The summed E-state index contributed by atoms with van der Waals surface area (Å²) in [6.45, 7) is 1.84. The Morgan fingerprint density at radius 3 is 3.00 bits per heavy atom. The van der Waals surface area contributed by atoms with E-state index in [2.05, 4.69) is 26.3 Å². The Labute approximate surface area is 154 Å². The van der Waals surface area contributed by atoms with Crippen molar-refractivity contribution in [3.05, 3.63) is 52.5 Å². The molecule has 2 N–H and O–H groups in total. The molecule has 0 unspecified atom stereocenters. The van der Waals surface area contributed by atoms with Gasteiger partial charge < -0.3 is 10.4 Å². The molecule has 1 amide bonds. The van der Waals surface area contributed by atoms with Gasteiger partial charge in [0.25, 0.3) is 0 Å². The topological polar surface area (TPSA) is 70.4 Å². The summed E-state index contributed by atoms with van der Waals surface area (Å²) in [6, 6.07) is 6.54. The van der Waals surface area contributed by atoms with Gasteiger partial charge in [-0.15, -0.1) is 0 Å². The van der Waals surface area contributed by atoms with Gasteiger partial charge in [0.1, 0.15) is 5.82 Å². The van der Waals surface area contributed by atoms with E-state index in [-0.39, 0.29) is 31.4 Å². The molecule has 6 nitrogen and oxygen atoms in total. The number of rotatable bonds is 10. The van der Waals surface area contributed by atoms with E-state index in [1.54, 1.807) is 27.9 Å². The van der Waals surface area contributed by atoms with Crippen LogP contribution >= 0.6 is 15.9 Å². The van der Waals surface area contributed by atoms with Gasteiger partial charge in [-0.1, -0.05) is 15.9 Å². The molecular formula is C17H22BrFN4O2. The molecule has 8 heteroatoms. The highest BCUT2D eigenvalue weighted by Gasteiger charge is 2.13. The summed E-state index contributed by atoms with van der Waals surface area (Å²) in [5, 5.41) is 16.1. The number of nitrogens with one attached hydrogen (secondary N) is 1. The molecule has 1 aromatic carbocycles. The molecule has 0 spiro atoms. The second kappa shape index (κ2) is 10.3. The highest BCUT2D eigenvalue weighted by molar-refractivity contribution is 9.10. The van der Waals surface area contributed by atoms with Crippen molar-refractivity contribution in [1.29, 1.82) is 0 Å². The van der Waals surface area contributed by atoms with E-state index in [0.717, 1.165) is 17.4 Å². The minimum atomic E-state index is -0.328.